The van der Waals surface area contributed by atoms with Crippen molar-refractivity contribution < 1.29 is 0 Å². The molecule has 0 fully saturated rings. The maximum absolute atomic E-state index is 11.3. The monoisotopic (exact) mass is 285 g/mol. The van der Waals surface area contributed by atoms with Gasteiger partial charge in [0.15, 0.2) is 5.82 Å². The van der Waals surface area contributed by atoms with Gasteiger partial charge in [0.05, 0.1) is 6.54 Å². The van der Waals surface area contributed by atoms with Crippen LogP contribution >= 0.6 is 27.3 Å². The Morgan fingerprint density at radius 2 is 2.47 bits per heavy atom. The molecule has 0 bridgehead atoms. The van der Waals surface area contributed by atoms with Crippen LogP contribution in [0.1, 0.15) is 4.88 Å². The quantitative estimate of drug-likeness (QED) is 0.909. The summed E-state index contributed by atoms with van der Waals surface area (Å²) in [5.41, 5.74) is -0.204. The van der Waals surface area contributed by atoms with Crippen molar-refractivity contribution >= 4 is 33.1 Å². The van der Waals surface area contributed by atoms with Gasteiger partial charge in [0, 0.05) is 21.7 Å². The zero-order valence-corrected chi connectivity index (χ0v) is 10.1. The molecule has 6 heteroatoms. The second-order valence-electron chi connectivity index (χ2n) is 2.81. The highest BCUT2D eigenvalue weighted by Gasteiger charge is 2.03. The second kappa shape index (κ2) is 4.59. The van der Waals surface area contributed by atoms with Crippen molar-refractivity contribution in [3.05, 3.63) is 43.5 Å². The topological polar surface area (TPSA) is 57.8 Å². The molecule has 0 aliphatic carbocycles. The fourth-order valence-electron chi connectivity index (χ4n) is 1.09. The van der Waals surface area contributed by atoms with E-state index in [9.17, 15) is 4.79 Å². The standard InChI is InChI=1S/C9H8BrN3OS/c10-6-1-4-15-7(6)5-13-8-9(14)12-3-2-11-8/h1-4H,5H2,(H,11,13)(H,12,14). The molecule has 0 spiro atoms. The van der Waals surface area contributed by atoms with Gasteiger partial charge in [-0.3, -0.25) is 4.79 Å². The Kier molecular flexibility index (Phi) is 3.17. The van der Waals surface area contributed by atoms with Crippen LogP contribution < -0.4 is 10.9 Å². The molecule has 2 heterocycles. The fourth-order valence-corrected chi connectivity index (χ4v) is 2.53. The number of anilines is 1. The van der Waals surface area contributed by atoms with E-state index in [1.807, 2.05) is 11.4 Å². The molecule has 2 aromatic heterocycles. The number of H-pyrrole nitrogens is 1. The van der Waals surface area contributed by atoms with Gasteiger partial charge in [-0.05, 0) is 27.4 Å². The molecule has 0 aromatic carbocycles. The fraction of sp³-hybridized carbons (Fsp3) is 0.111. The van der Waals surface area contributed by atoms with E-state index < -0.39 is 0 Å². The molecule has 0 aliphatic rings. The van der Waals surface area contributed by atoms with Crippen molar-refractivity contribution in [2.45, 2.75) is 6.54 Å². The Morgan fingerprint density at radius 3 is 3.13 bits per heavy atom. The molecule has 15 heavy (non-hydrogen) atoms. The molecule has 0 radical (unpaired) electrons. The molecule has 0 atom stereocenters. The number of hydrogen-bond donors (Lipinski definition) is 2. The lowest BCUT2D eigenvalue weighted by Gasteiger charge is -2.02. The Bertz CT molecular complexity index is 508. The van der Waals surface area contributed by atoms with Crippen LogP contribution in [0.15, 0.2) is 33.1 Å². The highest BCUT2D eigenvalue weighted by molar-refractivity contribution is 9.10. The molecule has 2 N–H and O–H groups in total. The van der Waals surface area contributed by atoms with Crippen LogP contribution in [0.25, 0.3) is 0 Å². The summed E-state index contributed by atoms with van der Waals surface area (Å²) in [5, 5.41) is 4.97. The first-order chi connectivity index (χ1) is 7.27. The number of rotatable bonds is 3. The SMILES string of the molecule is O=c1[nH]ccnc1NCc1sccc1Br. The summed E-state index contributed by atoms with van der Waals surface area (Å²) in [7, 11) is 0. The summed E-state index contributed by atoms with van der Waals surface area (Å²) in [6.45, 7) is 0.596. The van der Waals surface area contributed by atoms with E-state index in [1.54, 1.807) is 17.5 Å². The summed E-state index contributed by atoms with van der Waals surface area (Å²) in [6, 6.07) is 1.98. The maximum atomic E-state index is 11.3. The van der Waals surface area contributed by atoms with Crippen LogP contribution in [0.2, 0.25) is 0 Å². The number of aromatic nitrogens is 2. The molecule has 78 valence electrons. The van der Waals surface area contributed by atoms with Gasteiger partial charge in [-0.15, -0.1) is 11.3 Å². The van der Waals surface area contributed by atoms with Gasteiger partial charge in [-0.25, -0.2) is 4.98 Å². The normalized spacial score (nSPS) is 10.2. The summed E-state index contributed by atoms with van der Waals surface area (Å²) >= 11 is 5.05. The summed E-state index contributed by atoms with van der Waals surface area (Å²) in [5.74, 6) is 0.345. The van der Waals surface area contributed by atoms with Crippen LogP contribution in [0.3, 0.4) is 0 Å². The van der Waals surface area contributed by atoms with E-state index in [1.165, 1.54) is 6.20 Å². The van der Waals surface area contributed by atoms with Crippen LogP contribution in [0.5, 0.6) is 0 Å². The molecule has 4 nitrogen and oxygen atoms in total. The molecule has 0 saturated heterocycles. The van der Waals surface area contributed by atoms with Crippen molar-refractivity contribution in [3.63, 3.8) is 0 Å². The van der Waals surface area contributed by atoms with Crippen molar-refractivity contribution in [1.82, 2.24) is 9.97 Å². The average molecular weight is 286 g/mol. The molecule has 0 amide bonds. The number of thiophene rings is 1. The summed E-state index contributed by atoms with van der Waals surface area (Å²) in [4.78, 5) is 18.9. The zero-order chi connectivity index (χ0) is 10.7. The summed E-state index contributed by atoms with van der Waals surface area (Å²) in [6.07, 6.45) is 3.06. The molecular weight excluding hydrogens is 278 g/mol. The number of hydrogen-bond acceptors (Lipinski definition) is 4. The highest BCUT2D eigenvalue weighted by Crippen LogP contribution is 2.22. The minimum atomic E-state index is -0.204. The van der Waals surface area contributed by atoms with Crippen molar-refractivity contribution in [2.24, 2.45) is 0 Å². The lowest BCUT2D eigenvalue weighted by atomic mass is 10.4. The van der Waals surface area contributed by atoms with E-state index in [-0.39, 0.29) is 5.56 Å². The van der Waals surface area contributed by atoms with Crippen LogP contribution in [0, 0.1) is 0 Å². The third-order valence-electron chi connectivity index (χ3n) is 1.82. The number of nitrogens with one attached hydrogen (secondary N) is 2. The molecule has 0 aliphatic heterocycles. The van der Waals surface area contributed by atoms with Gasteiger partial charge in [0.25, 0.3) is 5.56 Å². The predicted octanol–water partition coefficient (Wildman–Crippen LogP) is 2.21. The lowest BCUT2D eigenvalue weighted by Crippen LogP contribution is -2.14. The third kappa shape index (κ3) is 2.45. The Balaban J connectivity index is 2.09. The van der Waals surface area contributed by atoms with E-state index >= 15 is 0 Å². The molecule has 2 aromatic rings. The van der Waals surface area contributed by atoms with Gasteiger partial charge >= 0.3 is 0 Å². The molecule has 0 saturated carbocycles. The van der Waals surface area contributed by atoms with Crippen molar-refractivity contribution in [3.8, 4) is 0 Å². The van der Waals surface area contributed by atoms with Gasteiger partial charge in [-0.2, -0.15) is 0 Å². The summed E-state index contributed by atoms with van der Waals surface area (Å²) < 4.78 is 1.05. The average Bonchev–Trinajstić information content (AvgIpc) is 2.63. The number of aromatic amines is 1. The number of nitrogens with zero attached hydrogens (tertiary/aromatic N) is 1. The Morgan fingerprint density at radius 1 is 1.60 bits per heavy atom. The molecule has 0 unspecified atom stereocenters. The number of halogens is 1. The molecular formula is C9H8BrN3OS. The van der Waals surface area contributed by atoms with E-state index in [2.05, 4.69) is 31.2 Å². The van der Waals surface area contributed by atoms with Crippen LogP contribution in [0.4, 0.5) is 5.82 Å². The van der Waals surface area contributed by atoms with E-state index in [4.69, 9.17) is 0 Å². The lowest BCUT2D eigenvalue weighted by molar-refractivity contribution is 1.07. The Labute approximate surface area is 98.5 Å². The van der Waals surface area contributed by atoms with E-state index in [0.29, 0.717) is 12.4 Å². The third-order valence-corrected chi connectivity index (χ3v) is 3.74. The van der Waals surface area contributed by atoms with Gasteiger partial charge in [0.1, 0.15) is 0 Å². The largest absolute Gasteiger partial charge is 0.361 e. The van der Waals surface area contributed by atoms with Gasteiger partial charge in [0.2, 0.25) is 0 Å². The molecule has 2 rings (SSSR count). The first-order valence-electron chi connectivity index (χ1n) is 4.27. The smallest absolute Gasteiger partial charge is 0.290 e. The first kappa shape index (κ1) is 10.4. The minimum Gasteiger partial charge on any atom is -0.361 e. The highest BCUT2D eigenvalue weighted by atomic mass is 79.9. The zero-order valence-electron chi connectivity index (χ0n) is 7.66. The van der Waals surface area contributed by atoms with Crippen LogP contribution in [-0.4, -0.2) is 9.97 Å². The van der Waals surface area contributed by atoms with Crippen molar-refractivity contribution in [1.29, 1.82) is 0 Å². The first-order valence-corrected chi connectivity index (χ1v) is 5.94. The van der Waals surface area contributed by atoms with Gasteiger partial charge < -0.3 is 10.3 Å². The van der Waals surface area contributed by atoms with Gasteiger partial charge in [-0.1, -0.05) is 0 Å². The maximum Gasteiger partial charge on any atom is 0.290 e. The second-order valence-corrected chi connectivity index (χ2v) is 4.67. The predicted molar refractivity (Wildman–Crippen MR) is 64.2 cm³/mol. The minimum absolute atomic E-state index is 0.204. The van der Waals surface area contributed by atoms with E-state index in [0.717, 1.165) is 9.35 Å². The van der Waals surface area contributed by atoms with Crippen molar-refractivity contribution in [2.75, 3.05) is 5.32 Å². The Hall–Kier alpha value is -1.14. The van der Waals surface area contributed by atoms with Crippen LogP contribution in [-0.2, 0) is 6.54 Å².